The molecule has 0 bridgehead atoms. The maximum Gasteiger partial charge on any atom is 0.338 e. The number of rotatable bonds is 7. The van der Waals surface area contributed by atoms with Gasteiger partial charge in [0.2, 0.25) is 0 Å². The van der Waals surface area contributed by atoms with Gasteiger partial charge in [-0.1, -0.05) is 16.6 Å². The third-order valence-electron chi connectivity index (χ3n) is 3.53. The molecule has 0 saturated heterocycles. The molecule has 0 saturated carbocycles. The summed E-state index contributed by atoms with van der Waals surface area (Å²) in [6.07, 6.45) is 0. The fourth-order valence-corrected chi connectivity index (χ4v) is 3.02. The molecule has 2 aromatic rings. The summed E-state index contributed by atoms with van der Waals surface area (Å²) in [4.78, 5) is 27.1. The predicted octanol–water partition coefficient (Wildman–Crippen LogP) is 2.13. The lowest BCUT2D eigenvalue weighted by Crippen LogP contribution is -2.25. The highest BCUT2D eigenvalue weighted by Crippen LogP contribution is 2.20. The molecule has 0 aliphatic rings. The summed E-state index contributed by atoms with van der Waals surface area (Å²) < 4.78 is 29.9. The molecule has 9 nitrogen and oxygen atoms in total. The zero-order valence-corrected chi connectivity index (χ0v) is 14.8. The average molecular weight is 380 g/mol. The molecule has 138 valence electrons. The number of nitrogens with zero attached hydrogens (tertiary/aromatic N) is 2. The number of hydroxylamine groups is 1. The lowest BCUT2D eigenvalue weighted by Gasteiger charge is -2.14. The van der Waals surface area contributed by atoms with Crippen molar-refractivity contribution in [2.24, 2.45) is 0 Å². The number of hydrogen-bond acceptors (Lipinski definition) is 7. The number of para-hydroxylation sites is 1. The number of hydrogen-bond donors (Lipinski definition) is 0. The minimum atomic E-state index is -3.82. The lowest BCUT2D eigenvalue weighted by atomic mass is 10.2. The molecule has 0 aliphatic heterocycles. The van der Waals surface area contributed by atoms with Gasteiger partial charge in [0.15, 0.2) is 0 Å². The maximum absolute atomic E-state index is 12.1. The number of nitro groups is 1. The minimum Gasteiger partial charge on any atom is -0.457 e. The van der Waals surface area contributed by atoms with Crippen molar-refractivity contribution in [1.82, 2.24) is 4.47 Å². The standard InChI is InChI=1S/C16H16N2O7S/c1-17(24-2)26(22,23)14-9-7-12(8-10-14)16(19)25-11-13-5-3-4-6-15(13)18(20)21/h3-10H,11H2,1-2H3. The molecular weight excluding hydrogens is 364 g/mol. The monoisotopic (exact) mass is 380 g/mol. The Balaban J connectivity index is 2.11. The van der Waals surface area contributed by atoms with E-state index in [-0.39, 0.29) is 28.3 Å². The highest BCUT2D eigenvalue weighted by molar-refractivity contribution is 7.89. The summed E-state index contributed by atoms with van der Waals surface area (Å²) in [5.74, 6) is -0.729. The first-order chi connectivity index (χ1) is 12.3. The van der Waals surface area contributed by atoms with E-state index < -0.39 is 20.9 Å². The summed E-state index contributed by atoms with van der Waals surface area (Å²) >= 11 is 0. The number of carbonyl (C=O) groups is 1. The van der Waals surface area contributed by atoms with Crippen molar-refractivity contribution in [2.75, 3.05) is 14.2 Å². The maximum atomic E-state index is 12.1. The van der Waals surface area contributed by atoms with Gasteiger partial charge in [-0.3, -0.25) is 15.0 Å². The summed E-state index contributed by atoms with van der Waals surface area (Å²) in [7, 11) is -1.36. The van der Waals surface area contributed by atoms with Crippen LogP contribution in [0.15, 0.2) is 53.4 Å². The van der Waals surface area contributed by atoms with E-state index >= 15 is 0 Å². The van der Waals surface area contributed by atoms with E-state index in [1.165, 1.54) is 56.6 Å². The van der Waals surface area contributed by atoms with Crippen molar-refractivity contribution in [3.63, 3.8) is 0 Å². The second-order valence-electron chi connectivity index (χ2n) is 5.08. The number of sulfonamides is 1. The second-order valence-corrected chi connectivity index (χ2v) is 7.02. The van der Waals surface area contributed by atoms with E-state index in [0.29, 0.717) is 4.47 Å². The Bertz CT molecular complexity index is 910. The lowest BCUT2D eigenvalue weighted by molar-refractivity contribution is -0.385. The average Bonchev–Trinajstić information content (AvgIpc) is 2.65. The van der Waals surface area contributed by atoms with Crippen LogP contribution in [0.1, 0.15) is 15.9 Å². The van der Waals surface area contributed by atoms with Crippen molar-refractivity contribution in [1.29, 1.82) is 0 Å². The molecular formula is C16H16N2O7S. The molecule has 0 amide bonds. The Morgan fingerprint density at radius 1 is 1.15 bits per heavy atom. The summed E-state index contributed by atoms with van der Waals surface area (Å²) in [5.41, 5.74) is 0.221. The topological polar surface area (TPSA) is 116 Å². The van der Waals surface area contributed by atoms with Crippen molar-refractivity contribution < 1.29 is 27.7 Å². The minimum absolute atomic E-state index is 0.0582. The van der Waals surface area contributed by atoms with Crippen LogP contribution in [-0.2, 0) is 26.2 Å². The van der Waals surface area contributed by atoms with Gasteiger partial charge in [0.05, 0.1) is 28.1 Å². The Kier molecular flexibility index (Phi) is 6.03. The highest BCUT2D eigenvalue weighted by Gasteiger charge is 2.21. The van der Waals surface area contributed by atoms with E-state index in [0.717, 1.165) is 0 Å². The molecule has 0 aliphatic carbocycles. The van der Waals surface area contributed by atoms with Crippen LogP contribution in [0, 0.1) is 10.1 Å². The molecule has 2 aromatic carbocycles. The van der Waals surface area contributed by atoms with Crippen molar-refractivity contribution in [3.05, 3.63) is 69.8 Å². The number of esters is 1. The van der Waals surface area contributed by atoms with Crippen LogP contribution in [0.2, 0.25) is 0 Å². The molecule has 0 fully saturated rings. The van der Waals surface area contributed by atoms with Crippen LogP contribution in [0.4, 0.5) is 5.69 Å². The Morgan fingerprint density at radius 3 is 2.35 bits per heavy atom. The van der Waals surface area contributed by atoms with Crippen LogP contribution in [-0.4, -0.2) is 37.9 Å². The van der Waals surface area contributed by atoms with E-state index in [2.05, 4.69) is 4.84 Å². The zero-order chi connectivity index (χ0) is 19.3. The fraction of sp³-hybridized carbons (Fsp3) is 0.188. The Hall–Kier alpha value is -2.82. The molecule has 0 N–H and O–H groups in total. The Morgan fingerprint density at radius 2 is 1.77 bits per heavy atom. The molecule has 0 atom stereocenters. The zero-order valence-electron chi connectivity index (χ0n) is 14.0. The molecule has 0 heterocycles. The van der Waals surface area contributed by atoms with Gasteiger partial charge in [0, 0.05) is 13.1 Å². The second kappa shape index (κ2) is 8.04. The van der Waals surface area contributed by atoms with Crippen LogP contribution in [0.5, 0.6) is 0 Å². The van der Waals surface area contributed by atoms with Crippen LogP contribution in [0.3, 0.4) is 0 Å². The molecule has 2 rings (SSSR count). The first kappa shape index (κ1) is 19.5. The SMILES string of the molecule is CON(C)S(=O)(=O)c1ccc(C(=O)OCc2ccccc2[N+](=O)[O-])cc1. The first-order valence-electron chi connectivity index (χ1n) is 7.30. The van der Waals surface area contributed by atoms with Gasteiger partial charge in [-0.25, -0.2) is 13.2 Å². The predicted molar refractivity (Wildman–Crippen MR) is 90.6 cm³/mol. The molecule has 10 heteroatoms. The van der Waals surface area contributed by atoms with Gasteiger partial charge in [-0.05, 0) is 30.3 Å². The largest absolute Gasteiger partial charge is 0.457 e. The van der Waals surface area contributed by atoms with Gasteiger partial charge in [-0.15, -0.1) is 0 Å². The molecule has 0 unspecified atom stereocenters. The molecule has 0 spiro atoms. The molecule has 26 heavy (non-hydrogen) atoms. The summed E-state index contributed by atoms with van der Waals surface area (Å²) in [6.45, 7) is -0.275. The number of benzene rings is 2. The number of nitro benzene ring substituents is 1. The fourth-order valence-electron chi connectivity index (χ4n) is 2.05. The van der Waals surface area contributed by atoms with Crippen LogP contribution in [0.25, 0.3) is 0 Å². The van der Waals surface area contributed by atoms with Crippen LogP contribution < -0.4 is 0 Å². The van der Waals surface area contributed by atoms with Gasteiger partial charge in [0.1, 0.15) is 6.61 Å². The quantitative estimate of drug-likeness (QED) is 0.410. The van der Waals surface area contributed by atoms with E-state index in [4.69, 9.17) is 4.74 Å². The van der Waals surface area contributed by atoms with Crippen LogP contribution >= 0.6 is 0 Å². The van der Waals surface area contributed by atoms with Gasteiger partial charge in [0.25, 0.3) is 15.7 Å². The van der Waals surface area contributed by atoms with Gasteiger partial charge < -0.3 is 4.74 Å². The first-order valence-corrected chi connectivity index (χ1v) is 8.74. The molecule has 0 radical (unpaired) electrons. The smallest absolute Gasteiger partial charge is 0.338 e. The van der Waals surface area contributed by atoms with Crippen molar-refractivity contribution in [3.8, 4) is 0 Å². The third kappa shape index (κ3) is 4.23. The van der Waals surface area contributed by atoms with Crippen molar-refractivity contribution in [2.45, 2.75) is 11.5 Å². The number of ether oxygens (including phenoxy) is 1. The molecule has 0 aromatic heterocycles. The summed E-state index contributed by atoms with van der Waals surface area (Å²) in [5, 5.41) is 10.9. The third-order valence-corrected chi connectivity index (χ3v) is 5.22. The van der Waals surface area contributed by atoms with E-state index in [1.807, 2.05) is 0 Å². The Labute approximate surface area is 149 Å². The highest BCUT2D eigenvalue weighted by atomic mass is 32.2. The van der Waals surface area contributed by atoms with Crippen molar-refractivity contribution >= 4 is 21.7 Å². The van der Waals surface area contributed by atoms with Gasteiger partial charge >= 0.3 is 5.97 Å². The normalized spacial score (nSPS) is 11.3. The van der Waals surface area contributed by atoms with Gasteiger partial charge in [-0.2, -0.15) is 0 Å². The van der Waals surface area contributed by atoms with E-state index in [9.17, 15) is 23.3 Å². The number of carbonyl (C=O) groups excluding carboxylic acids is 1. The summed E-state index contributed by atoms with van der Waals surface area (Å²) in [6, 6.07) is 11.0. The van der Waals surface area contributed by atoms with E-state index in [1.54, 1.807) is 6.07 Å².